The van der Waals surface area contributed by atoms with Crippen LogP contribution in [0.2, 0.25) is 0 Å². The summed E-state index contributed by atoms with van der Waals surface area (Å²) in [5.41, 5.74) is 0. The van der Waals surface area contributed by atoms with Crippen LogP contribution in [0.5, 0.6) is 0 Å². The molecule has 6 nitrogen and oxygen atoms in total. The van der Waals surface area contributed by atoms with E-state index in [1.165, 1.54) is 12.1 Å². The minimum Gasteiger partial charge on any atom is -0.477 e. The predicted octanol–water partition coefficient (Wildman–Crippen LogP) is 1.09. The second-order valence-electron chi connectivity index (χ2n) is 4.33. The first-order valence-electron chi connectivity index (χ1n) is 5.75. The van der Waals surface area contributed by atoms with Gasteiger partial charge in [0.1, 0.15) is 10.9 Å². The van der Waals surface area contributed by atoms with Crippen molar-refractivity contribution < 1.29 is 19.5 Å². The van der Waals surface area contributed by atoms with Gasteiger partial charge in [-0.2, -0.15) is 0 Å². The van der Waals surface area contributed by atoms with E-state index in [0.717, 1.165) is 11.3 Å². The zero-order valence-electron chi connectivity index (χ0n) is 10.9. The molecule has 1 atom stereocenters. The van der Waals surface area contributed by atoms with E-state index in [4.69, 9.17) is 5.11 Å². The van der Waals surface area contributed by atoms with Crippen LogP contribution in [0, 0.1) is 0 Å². The van der Waals surface area contributed by atoms with Gasteiger partial charge >= 0.3 is 5.97 Å². The zero-order valence-corrected chi connectivity index (χ0v) is 11.7. The molecule has 7 heteroatoms. The lowest BCUT2D eigenvalue weighted by Gasteiger charge is -2.15. The number of hydrogen-bond acceptors (Lipinski definition) is 4. The van der Waals surface area contributed by atoms with Crippen molar-refractivity contribution in [3.8, 4) is 0 Å². The molecule has 2 amide bonds. The Morgan fingerprint density at radius 1 is 1.11 bits per heavy atom. The molecule has 0 aliphatic rings. The molecule has 0 aromatic carbocycles. The lowest BCUT2D eigenvalue weighted by Crippen LogP contribution is -2.46. The number of rotatable bonds is 5. The number of hydrogen-bond donors (Lipinski definition) is 3. The summed E-state index contributed by atoms with van der Waals surface area (Å²) in [5, 5.41) is 14.0. The highest BCUT2D eigenvalue weighted by atomic mass is 32.1. The molecule has 1 rings (SSSR count). The zero-order chi connectivity index (χ0) is 14.6. The summed E-state index contributed by atoms with van der Waals surface area (Å²) in [7, 11) is 0. The first kappa shape index (κ1) is 15.2. The van der Waals surface area contributed by atoms with Crippen LogP contribution in [0.15, 0.2) is 12.1 Å². The number of carboxylic acid groups (broad SMARTS) is 1. The molecule has 0 aliphatic heterocycles. The first-order chi connectivity index (χ1) is 8.81. The summed E-state index contributed by atoms with van der Waals surface area (Å²) >= 11 is 0.873. The highest BCUT2D eigenvalue weighted by molar-refractivity contribution is 7.15. The topological polar surface area (TPSA) is 95.5 Å². The highest BCUT2D eigenvalue weighted by Crippen LogP contribution is 2.16. The molecule has 3 N–H and O–H groups in total. The Balaban J connectivity index is 2.63. The molecule has 0 saturated carbocycles. The third kappa shape index (κ3) is 4.36. The number of aromatic carboxylic acids is 1. The fourth-order valence-electron chi connectivity index (χ4n) is 1.32. The van der Waals surface area contributed by atoms with E-state index in [1.807, 2.05) is 13.8 Å². The third-order valence-corrected chi connectivity index (χ3v) is 3.28. The minimum atomic E-state index is -1.07. The molecule has 0 radical (unpaired) electrons. The molecular formula is C12H16N2O4S. The van der Waals surface area contributed by atoms with Crippen LogP contribution in [0.25, 0.3) is 0 Å². The Morgan fingerprint density at radius 2 is 1.68 bits per heavy atom. The highest BCUT2D eigenvalue weighted by Gasteiger charge is 2.19. The van der Waals surface area contributed by atoms with Crippen molar-refractivity contribution in [1.82, 2.24) is 10.6 Å². The quantitative estimate of drug-likeness (QED) is 0.754. The average Bonchev–Trinajstić information content (AvgIpc) is 2.77. The summed E-state index contributed by atoms with van der Waals surface area (Å²) in [6, 6.07) is 2.11. The van der Waals surface area contributed by atoms with Crippen molar-refractivity contribution >= 4 is 29.1 Å². The van der Waals surface area contributed by atoms with Gasteiger partial charge in [-0.3, -0.25) is 9.59 Å². The lowest BCUT2D eigenvalue weighted by molar-refractivity contribution is -0.123. The summed E-state index contributed by atoms with van der Waals surface area (Å²) in [4.78, 5) is 34.5. The van der Waals surface area contributed by atoms with E-state index in [9.17, 15) is 14.4 Å². The molecule has 19 heavy (non-hydrogen) atoms. The van der Waals surface area contributed by atoms with Gasteiger partial charge in [-0.1, -0.05) is 0 Å². The van der Waals surface area contributed by atoms with Crippen LogP contribution in [-0.4, -0.2) is 35.0 Å². The maximum atomic E-state index is 11.8. The number of thiophene rings is 1. The van der Waals surface area contributed by atoms with Crippen LogP contribution >= 0.6 is 11.3 Å². The summed E-state index contributed by atoms with van der Waals surface area (Å²) in [5.74, 6) is -1.81. The fourth-order valence-corrected chi connectivity index (χ4v) is 2.07. The summed E-state index contributed by atoms with van der Waals surface area (Å²) in [6.45, 7) is 5.22. The number of nitrogens with one attached hydrogen (secondary N) is 2. The van der Waals surface area contributed by atoms with Gasteiger partial charge in [0.05, 0.1) is 4.88 Å². The van der Waals surface area contributed by atoms with Crippen molar-refractivity contribution in [3.63, 3.8) is 0 Å². The normalized spacial score (nSPS) is 12.0. The maximum Gasteiger partial charge on any atom is 0.345 e. The van der Waals surface area contributed by atoms with E-state index in [2.05, 4.69) is 10.6 Å². The molecule has 1 heterocycles. The molecule has 1 aromatic heterocycles. The molecule has 0 spiro atoms. The second-order valence-corrected chi connectivity index (χ2v) is 5.41. The van der Waals surface area contributed by atoms with Crippen LogP contribution < -0.4 is 10.6 Å². The van der Waals surface area contributed by atoms with Gasteiger partial charge in [0.2, 0.25) is 5.91 Å². The average molecular weight is 284 g/mol. The molecule has 0 aliphatic carbocycles. The van der Waals surface area contributed by atoms with E-state index in [1.54, 1.807) is 6.92 Å². The van der Waals surface area contributed by atoms with Gasteiger partial charge in [0, 0.05) is 6.04 Å². The number of amides is 2. The predicted molar refractivity (Wildman–Crippen MR) is 71.5 cm³/mol. The van der Waals surface area contributed by atoms with E-state index >= 15 is 0 Å². The van der Waals surface area contributed by atoms with Crippen molar-refractivity contribution in [2.24, 2.45) is 0 Å². The van der Waals surface area contributed by atoms with E-state index in [0.29, 0.717) is 0 Å². The Kier molecular flexibility index (Phi) is 5.05. The first-order valence-corrected chi connectivity index (χ1v) is 6.57. The number of carboxylic acids is 1. The van der Waals surface area contributed by atoms with Crippen molar-refractivity contribution in [2.75, 3.05) is 0 Å². The van der Waals surface area contributed by atoms with Crippen molar-refractivity contribution in [3.05, 3.63) is 21.9 Å². The summed E-state index contributed by atoms with van der Waals surface area (Å²) in [6.07, 6.45) is 0. The largest absolute Gasteiger partial charge is 0.477 e. The van der Waals surface area contributed by atoms with Gasteiger partial charge in [-0.05, 0) is 32.9 Å². The molecule has 0 saturated heterocycles. The minimum absolute atomic E-state index is 0.00722. The van der Waals surface area contributed by atoms with Crippen LogP contribution in [0.3, 0.4) is 0 Å². The van der Waals surface area contributed by atoms with Crippen molar-refractivity contribution in [2.45, 2.75) is 32.9 Å². The lowest BCUT2D eigenvalue weighted by atomic mass is 10.2. The van der Waals surface area contributed by atoms with E-state index in [-0.39, 0.29) is 21.7 Å². The Labute approximate surface area is 114 Å². The molecule has 1 unspecified atom stereocenters. The van der Waals surface area contributed by atoms with Crippen LogP contribution in [0.4, 0.5) is 0 Å². The fraction of sp³-hybridized carbons (Fsp3) is 0.417. The maximum absolute atomic E-state index is 11.8. The summed E-state index contributed by atoms with van der Waals surface area (Å²) < 4.78 is 0. The number of carbonyl (C=O) groups is 3. The van der Waals surface area contributed by atoms with Gasteiger partial charge in [-0.25, -0.2) is 4.79 Å². The van der Waals surface area contributed by atoms with Gasteiger partial charge < -0.3 is 15.7 Å². The standard InChI is InChI=1S/C12H16N2O4S/c1-6(2)13-10(15)7(3)14-11(16)8-4-5-9(19-8)12(17)18/h4-7H,1-3H3,(H,13,15)(H,14,16)(H,17,18). The molecular weight excluding hydrogens is 268 g/mol. The van der Waals surface area contributed by atoms with Crippen molar-refractivity contribution in [1.29, 1.82) is 0 Å². The Hall–Kier alpha value is -1.89. The Bertz CT molecular complexity index is 496. The van der Waals surface area contributed by atoms with Gasteiger partial charge in [-0.15, -0.1) is 11.3 Å². The second kappa shape index (κ2) is 6.33. The van der Waals surface area contributed by atoms with Crippen LogP contribution in [-0.2, 0) is 4.79 Å². The van der Waals surface area contributed by atoms with Crippen LogP contribution in [0.1, 0.15) is 40.1 Å². The van der Waals surface area contributed by atoms with Gasteiger partial charge in [0.15, 0.2) is 0 Å². The Morgan fingerprint density at radius 3 is 2.16 bits per heavy atom. The number of carbonyl (C=O) groups excluding carboxylic acids is 2. The molecule has 0 bridgehead atoms. The monoisotopic (exact) mass is 284 g/mol. The molecule has 0 fully saturated rings. The SMILES string of the molecule is CC(C)NC(=O)C(C)NC(=O)c1ccc(C(=O)O)s1. The smallest absolute Gasteiger partial charge is 0.345 e. The molecule has 104 valence electrons. The third-order valence-electron chi connectivity index (χ3n) is 2.21. The van der Waals surface area contributed by atoms with Gasteiger partial charge in [0.25, 0.3) is 5.91 Å². The van der Waals surface area contributed by atoms with E-state index < -0.39 is 17.9 Å². The molecule has 1 aromatic rings.